The second-order valence-corrected chi connectivity index (χ2v) is 4.94. The molecule has 0 aromatic heterocycles. The van der Waals surface area contributed by atoms with Crippen LogP contribution < -0.4 is 10.2 Å². The lowest BCUT2D eigenvalue weighted by Gasteiger charge is -2.17. The zero-order chi connectivity index (χ0) is 15.0. The van der Waals surface area contributed by atoms with Gasteiger partial charge in [0.1, 0.15) is 5.82 Å². The zero-order valence-corrected chi connectivity index (χ0v) is 11.4. The van der Waals surface area contributed by atoms with Gasteiger partial charge in [0.2, 0.25) is 5.91 Å². The van der Waals surface area contributed by atoms with Gasteiger partial charge in [0.05, 0.1) is 6.42 Å². The number of anilines is 2. The van der Waals surface area contributed by atoms with E-state index in [1.807, 2.05) is 0 Å². The minimum atomic E-state index is -0.393. The Balaban J connectivity index is 1.89. The summed E-state index contributed by atoms with van der Waals surface area (Å²) in [5, 5.41) is 2.72. The van der Waals surface area contributed by atoms with Crippen LogP contribution in [0.4, 0.5) is 15.8 Å². The van der Waals surface area contributed by atoms with Crippen LogP contribution in [0.2, 0.25) is 0 Å². The van der Waals surface area contributed by atoms with Crippen LogP contribution in [0.3, 0.4) is 0 Å². The molecule has 0 spiro atoms. The Labute approximate surface area is 121 Å². The minimum Gasteiger partial charge on any atom is -0.326 e. The van der Waals surface area contributed by atoms with Crippen molar-refractivity contribution in [3.8, 4) is 0 Å². The van der Waals surface area contributed by atoms with E-state index in [2.05, 4.69) is 5.32 Å². The number of nitrogens with zero attached hydrogens (tertiary/aromatic N) is 1. The number of rotatable bonds is 2. The maximum absolute atomic E-state index is 13.2. The van der Waals surface area contributed by atoms with Crippen LogP contribution >= 0.6 is 0 Å². The molecule has 5 heteroatoms. The van der Waals surface area contributed by atoms with Gasteiger partial charge in [-0.3, -0.25) is 9.59 Å². The molecule has 1 aliphatic heterocycles. The molecule has 3 rings (SSSR count). The number of carbonyl (C=O) groups excluding carboxylic acids is 2. The Morgan fingerprint density at radius 1 is 1.24 bits per heavy atom. The van der Waals surface area contributed by atoms with Crippen molar-refractivity contribution in [2.24, 2.45) is 0 Å². The van der Waals surface area contributed by atoms with Crippen molar-refractivity contribution in [1.82, 2.24) is 0 Å². The third kappa shape index (κ3) is 2.50. The van der Waals surface area contributed by atoms with Crippen molar-refractivity contribution in [1.29, 1.82) is 0 Å². The molecule has 0 saturated heterocycles. The lowest BCUT2D eigenvalue weighted by atomic mass is 10.1. The van der Waals surface area contributed by atoms with Crippen molar-refractivity contribution >= 4 is 23.2 Å². The molecule has 21 heavy (non-hydrogen) atoms. The molecule has 2 aromatic carbocycles. The van der Waals surface area contributed by atoms with Crippen molar-refractivity contribution in [2.45, 2.75) is 6.42 Å². The molecule has 106 valence electrons. The fraction of sp³-hybridized carbons (Fsp3) is 0.125. The molecular weight excluding hydrogens is 271 g/mol. The summed E-state index contributed by atoms with van der Waals surface area (Å²) in [4.78, 5) is 25.1. The van der Waals surface area contributed by atoms with Crippen LogP contribution in [0.25, 0.3) is 0 Å². The summed E-state index contributed by atoms with van der Waals surface area (Å²) in [6, 6.07) is 10.9. The third-order valence-corrected chi connectivity index (χ3v) is 3.48. The molecule has 4 nitrogen and oxygen atoms in total. The molecule has 1 N–H and O–H groups in total. The van der Waals surface area contributed by atoms with Crippen molar-refractivity contribution in [3.63, 3.8) is 0 Å². The first-order valence-electron chi connectivity index (χ1n) is 6.51. The number of hydrogen-bond donors (Lipinski definition) is 1. The van der Waals surface area contributed by atoms with Crippen LogP contribution in [0.15, 0.2) is 42.5 Å². The predicted molar refractivity (Wildman–Crippen MR) is 77.9 cm³/mol. The third-order valence-electron chi connectivity index (χ3n) is 3.48. The lowest BCUT2D eigenvalue weighted by molar-refractivity contribution is -0.115. The molecule has 0 aliphatic carbocycles. The number of benzene rings is 2. The summed E-state index contributed by atoms with van der Waals surface area (Å²) in [5.74, 6) is -0.716. The number of halogens is 1. The van der Waals surface area contributed by atoms with E-state index in [4.69, 9.17) is 0 Å². The first-order valence-corrected chi connectivity index (χ1v) is 6.51. The Morgan fingerprint density at radius 3 is 2.81 bits per heavy atom. The second-order valence-electron chi connectivity index (χ2n) is 4.94. The van der Waals surface area contributed by atoms with E-state index >= 15 is 0 Å². The second kappa shape index (κ2) is 5.01. The molecule has 2 aromatic rings. The largest absolute Gasteiger partial charge is 0.326 e. The van der Waals surface area contributed by atoms with E-state index < -0.39 is 5.82 Å². The Bertz CT molecular complexity index is 743. The normalized spacial score (nSPS) is 12.8. The molecule has 0 atom stereocenters. The van der Waals surface area contributed by atoms with Gasteiger partial charge in [0.25, 0.3) is 5.91 Å². The quantitative estimate of drug-likeness (QED) is 0.921. The Morgan fingerprint density at radius 2 is 2.05 bits per heavy atom. The average Bonchev–Trinajstić information content (AvgIpc) is 2.84. The lowest BCUT2D eigenvalue weighted by Crippen LogP contribution is -2.26. The average molecular weight is 284 g/mol. The Kier molecular flexibility index (Phi) is 3.17. The van der Waals surface area contributed by atoms with E-state index in [0.29, 0.717) is 11.3 Å². The van der Waals surface area contributed by atoms with E-state index in [0.717, 1.165) is 11.3 Å². The standard InChI is InChI=1S/C16H13FN2O2/c1-19(13-4-2-3-12(17)9-13)16(21)10-5-6-14-11(7-10)8-15(20)18-14/h2-7,9H,8H2,1H3,(H,18,20). The van der Waals surface area contributed by atoms with Gasteiger partial charge < -0.3 is 10.2 Å². The van der Waals surface area contributed by atoms with Gasteiger partial charge in [-0.2, -0.15) is 0 Å². The molecular formula is C16H13FN2O2. The highest BCUT2D eigenvalue weighted by molar-refractivity contribution is 6.07. The fourth-order valence-corrected chi connectivity index (χ4v) is 2.36. The Hall–Kier alpha value is -2.69. The van der Waals surface area contributed by atoms with Crippen LogP contribution in [-0.4, -0.2) is 18.9 Å². The summed E-state index contributed by atoms with van der Waals surface area (Å²) in [7, 11) is 1.59. The van der Waals surface area contributed by atoms with Crippen LogP contribution in [-0.2, 0) is 11.2 Å². The highest BCUT2D eigenvalue weighted by atomic mass is 19.1. The van der Waals surface area contributed by atoms with E-state index in [1.54, 1.807) is 37.4 Å². The maximum Gasteiger partial charge on any atom is 0.258 e. The highest BCUT2D eigenvalue weighted by Gasteiger charge is 2.21. The summed E-state index contributed by atoms with van der Waals surface area (Å²) in [6.07, 6.45) is 0.278. The van der Waals surface area contributed by atoms with Crippen LogP contribution in [0, 0.1) is 5.82 Å². The monoisotopic (exact) mass is 284 g/mol. The van der Waals surface area contributed by atoms with Crippen LogP contribution in [0.1, 0.15) is 15.9 Å². The summed E-state index contributed by atoms with van der Waals surface area (Å²) in [5.41, 5.74) is 2.50. The van der Waals surface area contributed by atoms with Gasteiger partial charge in [-0.15, -0.1) is 0 Å². The van der Waals surface area contributed by atoms with Gasteiger partial charge in [-0.25, -0.2) is 4.39 Å². The van der Waals surface area contributed by atoms with E-state index in [-0.39, 0.29) is 18.2 Å². The van der Waals surface area contributed by atoms with Crippen LogP contribution in [0.5, 0.6) is 0 Å². The fourth-order valence-electron chi connectivity index (χ4n) is 2.36. The molecule has 0 bridgehead atoms. The van der Waals surface area contributed by atoms with E-state index in [1.165, 1.54) is 17.0 Å². The number of fused-ring (bicyclic) bond motifs is 1. The summed E-state index contributed by atoms with van der Waals surface area (Å²) >= 11 is 0. The molecule has 1 heterocycles. The SMILES string of the molecule is CN(C(=O)c1ccc2c(c1)CC(=O)N2)c1cccc(F)c1. The van der Waals surface area contributed by atoms with Gasteiger partial charge in [-0.1, -0.05) is 6.07 Å². The molecule has 1 aliphatic rings. The number of carbonyl (C=O) groups is 2. The summed E-state index contributed by atoms with van der Waals surface area (Å²) in [6.45, 7) is 0. The smallest absolute Gasteiger partial charge is 0.258 e. The van der Waals surface area contributed by atoms with Crippen molar-refractivity contribution in [3.05, 3.63) is 59.4 Å². The summed E-state index contributed by atoms with van der Waals surface area (Å²) < 4.78 is 13.2. The zero-order valence-electron chi connectivity index (χ0n) is 11.4. The minimum absolute atomic E-state index is 0.0758. The predicted octanol–water partition coefficient (Wildman–Crippen LogP) is 2.60. The van der Waals surface area contributed by atoms with Crippen molar-refractivity contribution < 1.29 is 14.0 Å². The first-order chi connectivity index (χ1) is 10.0. The number of hydrogen-bond acceptors (Lipinski definition) is 2. The van der Waals surface area contributed by atoms with Gasteiger partial charge in [0.15, 0.2) is 0 Å². The number of nitrogens with one attached hydrogen (secondary N) is 1. The first kappa shape index (κ1) is 13.3. The van der Waals surface area contributed by atoms with Gasteiger partial charge in [0, 0.05) is 24.0 Å². The molecule has 0 fully saturated rings. The van der Waals surface area contributed by atoms with Gasteiger partial charge >= 0.3 is 0 Å². The molecule has 0 radical (unpaired) electrons. The highest BCUT2D eigenvalue weighted by Crippen LogP contribution is 2.25. The number of amides is 2. The van der Waals surface area contributed by atoms with Gasteiger partial charge in [-0.05, 0) is 42.0 Å². The van der Waals surface area contributed by atoms with Crippen molar-refractivity contribution in [2.75, 3.05) is 17.3 Å². The topological polar surface area (TPSA) is 49.4 Å². The molecule has 0 unspecified atom stereocenters. The maximum atomic E-state index is 13.2. The molecule has 0 saturated carbocycles. The molecule has 2 amide bonds. The van der Waals surface area contributed by atoms with E-state index in [9.17, 15) is 14.0 Å².